The molecule has 2 N–H and O–H groups in total. The van der Waals surface area contributed by atoms with Gasteiger partial charge in [0, 0.05) is 7.11 Å². The van der Waals surface area contributed by atoms with Crippen LogP contribution in [0.25, 0.3) is 0 Å². The van der Waals surface area contributed by atoms with Gasteiger partial charge in [-0.05, 0) is 37.5 Å². The zero-order valence-electron chi connectivity index (χ0n) is 16.2. The lowest BCUT2D eigenvalue weighted by molar-refractivity contribution is -0.158. The molecule has 2 aromatic rings. The van der Waals surface area contributed by atoms with E-state index in [1.807, 2.05) is 19.1 Å². The first-order valence-electron chi connectivity index (χ1n) is 8.72. The third kappa shape index (κ3) is 5.12. The molecule has 8 heteroatoms. The van der Waals surface area contributed by atoms with E-state index in [-0.39, 0.29) is 13.2 Å². The highest BCUT2D eigenvalue weighted by Crippen LogP contribution is 2.38. The molecule has 0 fully saturated rings. The van der Waals surface area contributed by atoms with Crippen LogP contribution in [0.2, 0.25) is 0 Å². The molecule has 0 unspecified atom stereocenters. The second-order valence-corrected chi connectivity index (χ2v) is 7.03. The molecule has 0 spiro atoms. The average Bonchev–Trinajstić information content (AvgIpc) is 3.08. The predicted molar refractivity (Wildman–Crippen MR) is 97.9 cm³/mol. The normalized spacial score (nSPS) is 12.9. The van der Waals surface area contributed by atoms with E-state index in [0.717, 1.165) is 11.1 Å². The quantitative estimate of drug-likeness (QED) is 0.653. The number of carboxylic acid groups (broad SMARTS) is 1. The van der Waals surface area contributed by atoms with Gasteiger partial charge in [-0.1, -0.05) is 23.4 Å². The van der Waals surface area contributed by atoms with Crippen LogP contribution in [0.15, 0.2) is 24.4 Å². The van der Waals surface area contributed by atoms with Crippen molar-refractivity contribution in [2.24, 2.45) is 5.41 Å². The first kappa shape index (κ1) is 21.0. The van der Waals surface area contributed by atoms with Gasteiger partial charge in [0.25, 0.3) is 0 Å². The smallest absolute Gasteiger partial charge is 0.312 e. The van der Waals surface area contributed by atoms with Crippen LogP contribution in [-0.2, 0) is 34.0 Å². The minimum absolute atomic E-state index is 0.117. The predicted octanol–water partition coefficient (Wildman–Crippen LogP) is 2.09. The maximum atomic E-state index is 11.8. The van der Waals surface area contributed by atoms with Gasteiger partial charge in [0.1, 0.15) is 5.69 Å². The summed E-state index contributed by atoms with van der Waals surface area (Å²) in [5.41, 5.74) is 1.81. The molecule has 1 aromatic heterocycles. The molecule has 148 valence electrons. The molecule has 1 atom stereocenters. The largest absolute Gasteiger partial charge is 0.481 e. The number of aliphatic carboxylic acids is 1. The number of ether oxygens (including phenoxy) is 2. The highest BCUT2D eigenvalue weighted by Gasteiger charge is 2.39. The number of aromatic nitrogens is 3. The Morgan fingerprint density at radius 3 is 2.74 bits per heavy atom. The van der Waals surface area contributed by atoms with Crippen LogP contribution in [0.5, 0.6) is 0 Å². The van der Waals surface area contributed by atoms with Crippen LogP contribution in [0.1, 0.15) is 42.3 Å². The fourth-order valence-electron chi connectivity index (χ4n) is 2.73. The summed E-state index contributed by atoms with van der Waals surface area (Å²) < 4.78 is 12.6. The van der Waals surface area contributed by atoms with Gasteiger partial charge >= 0.3 is 5.97 Å². The Hall–Kier alpha value is -2.29. The molecule has 1 heterocycles. The first-order chi connectivity index (χ1) is 12.8. The van der Waals surface area contributed by atoms with Crippen molar-refractivity contribution in [1.29, 1.82) is 0 Å². The second kappa shape index (κ2) is 9.07. The van der Waals surface area contributed by atoms with E-state index >= 15 is 0 Å². The van der Waals surface area contributed by atoms with Crippen LogP contribution in [0.4, 0.5) is 0 Å². The second-order valence-electron chi connectivity index (χ2n) is 7.03. The van der Waals surface area contributed by atoms with E-state index < -0.39 is 17.5 Å². The molecule has 8 nitrogen and oxygen atoms in total. The molecule has 1 aromatic carbocycles. The van der Waals surface area contributed by atoms with Crippen molar-refractivity contribution in [2.75, 3.05) is 13.7 Å². The molecule has 0 saturated heterocycles. The lowest BCUT2D eigenvalue weighted by Crippen LogP contribution is -2.33. The highest BCUT2D eigenvalue weighted by atomic mass is 16.5. The number of methoxy groups -OCH3 is 1. The first-order valence-corrected chi connectivity index (χ1v) is 8.72. The Morgan fingerprint density at radius 1 is 1.37 bits per heavy atom. The Kier molecular flexibility index (Phi) is 7.06. The summed E-state index contributed by atoms with van der Waals surface area (Å²) in [5.74, 6) is -0.970. The molecule has 0 aliphatic carbocycles. The standard InChI is InChI=1S/C19H27N3O5/c1-13-5-6-14(9-15(13)11-23)17(19(2,3)18(24)25)27-12-16-10-22(21-20-16)7-8-26-4/h5-6,9-10,17,23H,7-8,11-12H2,1-4H3,(H,24,25)/t17-/m1/s1. The number of hydrogen-bond donors (Lipinski definition) is 2. The van der Waals surface area contributed by atoms with Gasteiger partial charge < -0.3 is 19.7 Å². The number of aryl methyl sites for hydroxylation is 1. The van der Waals surface area contributed by atoms with Crippen molar-refractivity contribution in [3.63, 3.8) is 0 Å². The molecule has 2 rings (SSSR count). The van der Waals surface area contributed by atoms with Gasteiger partial charge in [0.05, 0.1) is 44.1 Å². The topological polar surface area (TPSA) is 107 Å². The van der Waals surface area contributed by atoms with Crippen LogP contribution >= 0.6 is 0 Å². The number of nitrogens with zero attached hydrogens (tertiary/aromatic N) is 3. The van der Waals surface area contributed by atoms with Gasteiger partial charge in [-0.2, -0.15) is 0 Å². The SMILES string of the molecule is COCCn1cc(CO[C@H](c2ccc(C)c(CO)c2)C(C)(C)C(=O)O)nn1. The number of aliphatic hydroxyl groups is 1. The summed E-state index contributed by atoms with van der Waals surface area (Å²) in [6.45, 7) is 6.23. The van der Waals surface area contributed by atoms with Crippen LogP contribution in [0.3, 0.4) is 0 Å². The Labute approximate surface area is 158 Å². The van der Waals surface area contributed by atoms with Crippen molar-refractivity contribution >= 4 is 5.97 Å². The summed E-state index contributed by atoms with van der Waals surface area (Å²) in [6, 6.07) is 5.48. The number of aliphatic hydroxyl groups excluding tert-OH is 1. The van der Waals surface area contributed by atoms with E-state index in [1.165, 1.54) is 0 Å². The summed E-state index contributed by atoms with van der Waals surface area (Å²) in [6.07, 6.45) is 1.03. The molecule has 27 heavy (non-hydrogen) atoms. The number of carbonyl (C=O) groups is 1. The maximum absolute atomic E-state index is 11.8. The summed E-state index contributed by atoms with van der Waals surface area (Å²) in [4.78, 5) is 11.8. The minimum atomic E-state index is -1.17. The molecular formula is C19H27N3O5. The van der Waals surface area contributed by atoms with Gasteiger partial charge in [-0.15, -0.1) is 5.10 Å². The van der Waals surface area contributed by atoms with Crippen LogP contribution in [0, 0.1) is 12.3 Å². The third-order valence-electron chi connectivity index (χ3n) is 4.56. The Balaban J connectivity index is 2.23. The maximum Gasteiger partial charge on any atom is 0.312 e. The summed E-state index contributed by atoms with van der Waals surface area (Å²) in [5, 5.41) is 27.3. The van der Waals surface area contributed by atoms with Crippen molar-refractivity contribution < 1.29 is 24.5 Å². The zero-order chi connectivity index (χ0) is 20.0. The van der Waals surface area contributed by atoms with E-state index in [1.54, 1.807) is 37.9 Å². The van der Waals surface area contributed by atoms with Crippen molar-refractivity contribution in [3.8, 4) is 0 Å². The lowest BCUT2D eigenvalue weighted by Gasteiger charge is -2.31. The summed E-state index contributed by atoms with van der Waals surface area (Å²) in [7, 11) is 1.61. The van der Waals surface area contributed by atoms with Gasteiger partial charge in [-0.3, -0.25) is 4.79 Å². The van der Waals surface area contributed by atoms with Gasteiger partial charge in [-0.25, -0.2) is 4.68 Å². The van der Waals surface area contributed by atoms with E-state index in [4.69, 9.17) is 9.47 Å². The lowest BCUT2D eigenvalue weighted by atomic mass is 9.82. The molecule has 0 aliphatic rings. The zero-order valence-corrected chi connectivity index (χ0v) is 16.2. The summed E-state index contributed by atoms with van der Waals surface area (Å²) >= 11 is 0. The molecule has 0 radical (unpaired) electrons. The van der Waals surface area contributed by atoms with Gasteiger partial charge in [0.15, 0.2) is 0 Å². The monoisotopic (exact) mass is 377 g/mol. The fourth-order valence-corrected chi connectivity index (χ4v) is 2.73. The molecular weight excluding hydrogens is 350 g/mol. The van der Waals surface area contributed by atoms with Gasteiger partial charge in [0.2, 0.25) is 0 Å². The molecule has 0 aliphatic heterocycles. The van der Waals surface area contributed by atoms with Crippen molar-refractivity contribution in [3.05, 3.63) is 46.8 Å². The highest BCUT2D eigenvalue weighted by molar-refractivity contribution is 5.74. The van der Waals surface area contributed by atoms with Crippen molar-refractivity contribution in [1.82, 2.24) is 15.0 Å². The Morgan fingerprint density at radius 2 is 2.11 bits per heavy atom. The Bertz CT molecular complexity index is 772. The third-order valence-corrected chi connectivity index (χ3v) is 4.56. The van der Waals surface area contributed by atoms with E-state index in [9.17, 15) is 15.0 Å². The number of rotatable bonds is 10. The average molecular weight is 377 g/mol. The van der Waals surface area contributed by atoms with E-state index in [2.05, 4.69) is 10.3 Å². The molecule has 0 saturated carbocycles. The van der Waals surface area contributed by atoms with Crippen LogP contribution in [-0.4, -0.2) is 44.9 Å². The van der Waals surface area contributed by atoms with Crippen LogP contribution < -0.4 is 0 Å². The number of hydrogen-bond acceptors (Lipinski definition) is 6. The number of carboxylic acids is 1. The fraction of sp³-hybridized carbons (Fsp3) is 0.526. The molecule has 0 amide bonds. The van der Waals surface area contributed by atoms with Crippen molar-refractivity contribution in [2.45, 2.75) is 46.6 Å². The minimum Gasteiger partial charge on any atom is -0.481 e. The molecule has 0 bridgehead atoms. The number of benzene rings is 1. The van der Waals surface area contributed by atoms with E-state index in [0.29, 0.717) is 24.4 Å².